The van der Waals surface area contributed by atoms with E-state index in [2.05, 4.69) is 29.8 Å². The summed E-state index contributed by atoms with van der Waals surface area (Å²) in [6.45, 7) is 4.36. The summed E-state index contributed by atoms with van der Waals surface area (Å²) in [5.74, 6) is 0.557. The van der Waals surface area contributed by atoms with Crippen LogP contribution in [0, 0.1) is 5.92 Å². The molecule has 0 N–H and O–H groups in total. The minimum absolute atomic E-state index is 0.456. The molecule has 0 aromatic rings. The van der Waals surface area contributed by atoms with E-state index < -0.39 is 12.7 Å². The number of halogens is 4. The highest BCUT2D eigenvalue weighted by Crippen LogP contribution is 2.17. The Labute approximate surface area is 98.1 Å². The number of nitrogens with zero attached hydrogens (tertiary/aromatic N) is 1. The van der Waals surface area contributed by atoms with Crippen molar-refractivity contribution in [2.75, 3.05) is 25.0 Å². The van der Waals surface area contributed by atoms with E-state index in [1.807, 2.05) is 0 Å². The molecule has 0 spiro atoms. The van der Waals surface area contributed by atoms with E-state index >= 15 is 0 Å². The van der Waals surface area contributed by atoms with Crippen molar-refractivity contribution in [3.63, 3.8) is 0 Å². The van der Waals surface area contributed by atoms with Gasteiger partial charge in [0.25, 0.3) is 0 Å². The molecule has 0 aromatic carbocycles. The molecule has 0 radical (unpaired) electrons. The molecule has 1 nitrogen and oxygen atoms in total. The maximum Gasteiger partial charge on any atom is 0.401 e. The van der Waals surface area contributed by atoms with E-state index in [0.29, 0.717) is 24.3 Å². The zero-order chi connectivity index (χ0) is 11.9. The van der Waals surface area contributed by atoms with Crippen molar-refractivity contribution in [1.82, 2.24) is 4.90 Å². The molecular weight excluding hydrogens is 271 g/mol. The molecule has 0 aliphatic rings. The van der Waals surface area contributed by atoms with Gasteiger partial charge in [0, 0.05) is 11.9 Å². The molecule has 0 bridgehead atoms. The third kappa shape index (κ3) is 10.5. The zero-order valence-electron chi connectivity index (χ0n) is 9.28. The van der Waals surface area contributed by atoms with Crippen LogP contribution in [0.3, 0.4) is 0 Å². The van der Waals surface area contributed by atoms with Crippen molar-refractivity contribution in [3.8, 4) is 0 Å². The average Bonchev–Trinajstić information content (AvgIpc) is 2.00. The molecule has 0 amide bonds. The molecule has 0 saturated carbocycles. The zero-order valence-corrected chi connectivity index (χ0v) is 10.9. The quantitative estimate of drug-likeness (QED) is 0.646. The molecule has 0 unspecified atom stereocenters. The van der Waals surface area contributed by atoms with Gasteiger partial charge in [0.15, 0.2) is 0 Å². The first kappa shape index (κ1) is 15.2. The first-order valence-electron chi connectivity index (χ1n) is 5.20. The van der Waals surface area contributed by atoms with Gasteiger partial charge in [-0.1, -0.05) is 29.8 Å². The van der Waals surface area contributed by atoms with Gasteiger partial charge in [-0.05, 0) is 25.3 Å². The maximum absolute atomic E-state index is 12.2. The van der Waals surface area contributed by atoms with Gasteiger partial charge in [-0.25, -0.2) is 0 Å². The minimum Gasteiger partial charge on any atom is -0.294 e. The Kier molecular flexibility index (Phi) is 7.61. The van der Waals surface area contributed by atoms with E-state index in [0.717, 1.165) is 12.8 Å². The van der Waals surface area contributed by atoms with Crippen LogP contribution in [-0.4, -0.2) is 36.0 Å². The van der Waals surface area contributed by atoms with Crippen LogP contribution >= 0.6 is 15.9 Å². The average molecular weight is 290 g/mol. The van der Waals surface area contributed by atoms with Crippen molar-refractivity contribution >= 4 is 15.9 Å². The van der Waals surface area contributed by atoms with E-state index in [9.17, 15) is 13.2 Å². The second-order valence-corrected chi connectivity index (χ2v) is 4.91. The molecule has 0 aliphatic heterocycles. The molecule has 5 heteroatoms. The van der Waals surface area contributed by atoms with Gasteiger partial charge in [-0.15, -0.1) is 0 Å². The summed E-state index contributed by atoms with van der Waals surface area (Å²) < 4.78 is 36.5. The largest absolute Gasteiger partial charge is 0.401 e. The Morgan fingerprint density at radius 2 is 1.80 bits per heavy atom. The van der Waals surface area contributed by atoms with Crippen LogP contribution in [0.1, 0.15) is 26.7 Å². The number of hydrogen-bond acceptors (Lipinski definition) is 1. The number of hydrogen-bond donors (Lipinski definition) is 0. The molecule has 0 fully saturated rings. The molecule has 0 atom stereocenters. The lowest BCUT2D eigenvalue weighted by Gasteiger charge is -2.22. The monoisotopic (exact) mass is 289 g/mol. The van der Waals surface area contributed by atoms with Crippen molar-refractivity contribution in [2.24, 2.45) is 5.92 Å². The van der Waals surface area contributed by atoms with Gasteiger partial charge in [0.2, 0.25) is 0 Å². The van der Waals surface area contributed by atoms with E-state index in [4.69, 9.17) is 0 Å². The van der Waals surface area contributed by atoms with Crippen molar-refractivity contribution in [2.45, 2.75) is 32.9 Å². The lowest BCUT2D eigenvalue weighted by Crippen LogP contribution is -2.36. The third-order valence-electron chi connectivity index (χ3n) is 2.06. The smallest absolute Gasteiger partial charge is 0.294 e. The van der Waals surface area contributed by atoms with Crippen LogP contribution in [-0.2, 0) is 0 Å². The fourth-order valence-corrected chi connectivity index (χ4v) is 1.87. The molecular formula is C10H19BrF3N. The predicted molar refractivity (Wildman–Crippen MR) is 60.4 cm³/mol. The number of alkyl halides is 4. The van der Waals surface area contributed by atoms with Crippen LogP contribution in [0.4, 0.5) is 13.2 Å². The molecule has 0 aliphatic carbocycles. The predicted octanol–water partition coefficient (Wildman–Crippen LogP) is 3.68. The molecule has 15 heavy (non-hydrogen) atoms. The summed E-state index contributed by atoms with van der Waals surface area (Å²) in [6, 6.07) is 0. The molecule has 0 heterocycles. The normalized spacial score (nSPS) is 12.8. The second kappa shape index (κ2) is 7.49. The Balaban J connectivity index is 3.83. The van der Waals surface area contributed by atoms with Crippen molar-refractivity contribution in [3.05, 3.63) is 0 Å². The van der Waals surface area contributed by atoms with Crippen molar-refractivity contribution < 1.29 is 13.2 Å². The van der Waals surface area contributed by atoms with Crippen molar-refractivity contribution in [1.29, 1.82) is 0 Å². The minimum atomic E-state index is -4.08. The standard InChI is InChI=1S/C10H19BrF3N/c1-9(2)4-3-6-15(7-5-11)8-10(12,13)14/h9H,3-8H2,1-2H3. The van der Waals surface area contributed by atoms with Crippen LogP contribution < -0.4 is 0 Å². The van der Waals surface area contributed by atoms with Crippen LogP contribution in [0.5, 0.6) is 0 Å². The molecule has 0 saturated heterocycles. The Bertz CT molecular complexity index is 159. The summed E-state index contributed by atoms with van der Waals surface area (Å²) in [7, 11) is 0. The summed E-state index contributed by atoms with van der Waals surface area (Å²) in [5, 5.41) is 0.588. The Morgan fingerprint density at radius 3 is 2.20 bits per heavy atom. The van der Waals surface area contributed by atoms with Crippen LogP contribution in [0.2, 0.25) is 0 Å². The fourth-order valence-electron chi connectivity index (χ4n) is 1.37. The molecule has 0 rings (SSSR count). The highest BCUT2D eigenvalue weighted by molar-refractivity contribution is 9.09. The van der Waals surface area contributed by atoms with E-state index in [1.165, 1.54) is 4.90 Å². The second-order valence-electron chi connectivity index (χ2n) is 4.12. The summed E-state index contributed by atoms with van der Waals surface area (Å²) >= 11 is 3.17. The van der Waals surface area contributed by atoms with Crippen LogP contribution in [0.25, 0.3) is 0 Å². The Hall–Kier alpha value is 0.230. The number of rotatable bonds is 7. The molecule has 92 valence electrons. The van der Waals surface area contributed by atoms with Crippen LogP contribution in [0.15, 0.2) is 0 Å². The highest BCUT2D eigenvalue weighted by Gasteiger charge is 2.30. The van der Waals surface area contributed by atoms with Gasteiger partial charge >= 0.3 is 6.18 Å². The van der Waals surface area contributed by atoms with E-state index in [1.54, 1.807) is 0 Å². The summed E-state index contributed by atoms with van der Waals surface area (Å²) in [5.41, 5.74) is 0. The topological polar surface area (TPSA) is 3.24 Å². The lowest BCUT2D eigenvalue weighted by atomic mass is 10.1. The maximum atomic E-state index is 12.2. The fraction of sp³-hybridized carbons (Fsp3) is 1.00. The van der Waals surface area contributed by atoms with Gasteiger partial charge in [0.1, 0.15) is 0 Å². The third-order valence-corrected chi connectivity index (χ3v) is 2.41. The summed E-state index contributed by atoms with van der Waals surface area (Å²) in [6.07, 6.45) is -2.27. The van der Waals surface area contributed by atoms with Gasteiger partial charge < -0.3 is 0 Å². The molecule has 0 aromatic heterocycles. The van der Waals surface area contributed by atoms with E-state index in [-0.39, 0.29) is 0 Å². The lowest BCUT2D eigenvalue weighted by molar-refractivity contribution is -0.145. The van der Waals surface area contributed by atoms with Gasteiger partial charge in [-0.3, -0.25) is 4.90 Å². The summed E-state index contributed by atoms with van der Waals surface area (Å²) in [4.78, 5) is 1.46. The first-order valence-corrected chi connectivity index (χ1v) is 6.32. The van der Waals surface area contributed by atoms with Gasteiger partial charge in [0.05, 0.1) is 6.54 Å². The Morgan fingerprint density at radius 1 is 1.20 bits per heavy atom. The highest BCUT2D eigenvalue weighted by atomic mass is 79.9. The van der Waals surface area contributed by atoms with Gasteiger partial charge in [-0.2, -0.15) is 13.2 Å². The SMILES string of the molecule is CC(C)CCCN(CCBr)CC(F)(F)F. The first-order chi connectivity index (χ1) is 6.85.